The van der Waals surface area contributed by atoms with Crippen molar-refractivity contribution in [3.8, 4) is 0 Å². The Bertz CT molecular complexity index is 3460. The molecule has 28 heteroatoms. The molecule has 426 valence electrons. The third kappa shape index (κ3) is 20.7. The third-order valence-electron chi connectivity index (χ3n) is 9.91. The van der Waals surface area contributed by atoms with Gasteiger partial charge in [0.05, 0.1) is 41.0 Å². The molecule has 0 amide bonds. The van der Waals surface area contributed by atoms with Crippen LogP contribution >= 0.6 is 92.0 Å². The summed E-state index contributed by atoms with van der Waals surface area (Å²) in [5, 5.41) is 58.8. The molecule has 9 aromatic rings. The zero-order chi connectivity index (χ0) is 59.4. The molecule has 0 bridgehead atoms. The lowest BCUT2D eigenvalue weighted by Crippen LogP contribution is -2.18. The number of nitrogens with one attached hydrogen (secondary N) is 1. The second-order valence-corrected chi connectivity index (χ2v) is 27.4. The number of aromatic amines is 1. The summed E-state index contributed by atoms with van der Waals surface area (Å²) in [6, 6.07) is 26.2. The molecule has 0 unspecified atom stereocenters. The molecule has 9 rings (SSSR count). The molecule has 0 saturated heterocycles. The fourth-order valence-corrected chi connectivity index (χ4v) is 9.70. The lowest BCUT2D eigenvalue weighted by Gasteiger charge is -2.17. The van der Waals surface area contributed by atoms with E-state index in [0.717, 1.165) is 60.7 Å². The number of nitro benzene ring substituents is 2. The lowest BCUT2D eigenvalue weighted by atomic mass is 9.97. The van der Waals surface area contributed by atoms with Crippen LogP contribution in [0.4, 0.5) is 11.4 Å². The number of benzene rings is 5. The van der Waals surface area contributed by atoms with Gasteiger partial charge in [-0.1, -0.05) is 125 Å². The number of hydrogen-bond donors (Lipinski definition) is 1. The zero-order valence-electron chi connectivity index (χ0n) is 45.8. The molecule has 0 atom stereocenters. The van der Waals surface area contributed by atoms with Gasteiger partial charge in [-0.25, -0.2) is 0 Å². The molecule has 1 N–H and O–H groups in total. The van der Waals surface area contributed by atoms with E-state index in [1.807, 2.05) is 109 Å². The summed E-state index contributed by atoms with van der Waals surface area (Å²) in [4.78, 5) is 25.9. The highest BCUT2D eigenvalue weighted by molar-refractivity contribution is 9.93. The van der Waals surface area contributed by atoms with Gasteiger partial charge in [-0.05, 0) is 141 Å². The highest BCUT2D eigenvalue weighted by Crippen LogP contribution is 2.45. The van der Waals surface area contributed by atoms with E-state index < -0.39 is 31.3 Å². The summed E-state index contributed by atoms with van der Waals surface area (Å²) in [6.45, 7) is 29.0. The summed E-state index contributed by atoms with van der Waals surface area (Å²) in [7, 11) is -3.61. The number of H-pyrrole nitrogens is 1. The summed E-state index contributed by atoms with van der Waals surface area (Å²) < 4.78 is 30.4. The smallest absolute Gasteiger partial charge is 0.266 e. The highest BCUT2D eigenvalue weighted by atomic mass is 80.9. The van der Waals surface area contributed by atoms with Gasteiger partial charge in [-0.2, -0.15) is 68.8 Å². The number of fused-ring (bicyclic) bond motifs is 4. The normalized spacial score (nSPS) is 11.8. The van der Waals surface area contributed by atoms with Crippen LogP contribution in [0.15, 0.2) is 108 Å². The van der Waals surface area contributed by atoms with E-state index >= 15 is 0 Å². The largest absolute Gasteiger partial charge is 0.363 e. The number of hydrogen-bond acceptors (Lipinski definition) is 15. The van der Waals surface area contributed by atoms with Gasteiger partial charge in [-0.15, -0.1) is 0 Å². The zero-order valence-corrected chi connectivity index (χ0v) is 56.1. The molecule has 4 heterocycles. The van der Waals surface area contributed by atoms with Crippen molar-refractivity contribution < 1.29 is 22.4 Å². The maximum absolute atomic E-state index is 11.8. The Kier molecular flexibility index (Phi) is 23.9. The van der Waals surface area contributed by atoms with Crippen molar-refractivity contribution in [1.29, 1.82) is 0 Å². The Balaban J connectivity index is 0.000000215. The van der Waals surface area contributed by atoms with Gasteiger partial charge in [0.25, 0.3) is 10.1 Å². The molecule has 79 heavy (non-hydrogen) atoms. The maximum Gasteiger partial charge on any atom is 0.363 e. The highest BCUT2D eigenvalue weighted by Gasteiger charge is 2.36. The molecule has 4 aromatic heterocycles. The first-order valence-electron chi connectivity index (χ1n) is 24.0. The average molecular weight is 1490 g/mol. The number of nitrogens with zero attached hydrogens (tertiary/aromatic N) is 13. The average Bonchev–Trinajstić information content (AvgIpc) is 4.21. The molecule has 0 aliphatic carbocycles. The van der Waals surface area contributed by atoms with E-state index in [9.17, 15) is 28.6 Å². The molecule has 0 spiro atoms. The summed E-state index contributed by atoms with van der Waals surface area (Å²) in [5.74, 6) is 0. The Morgan fingerprint density at radius 1 is 0.506 bits per heavy atom. The SMILES string of the molecule is BrBr.CC(C)(C)Cn1nc2c(Br)c([N+](=O)[O-])c([N+](=O)[O-])c(Br)c2n1.CC(C)(C)Cn1nc2c(Br)ccc(Br)c2n1.CC(C)(C)Cn1nc2ccccc2n1.Cc1ccc(S(=O)(=O)OCC(C)(C)C)cc1.c1ccc2n[nH]nc2c1. The first-order chi connectivity index (χ1) is 36.6. The summed E-state index contributed by atoms with van der Waals surface area (Å²) in [5.41, 5.74) is 5.81. The maximum atomic E-state index is 11.8. The minimum Gasteiger partial charge on any atom is -0.266 e. The predicted molar refractivity (Wildman–Crippen MR) is 331 cm³/mol. The standard InChI is InChI=1S/C12H18O3S.C11H11Br2N5O4.C11H13Br2N3.C11H15N3.C6H5N3.Br2/c1-10-5-7-11(8-6-10)16(13,14)15-9-12(2,3)4;1-11(2,3)4-16-14-7-5(12)9(17(19)20)10(18(21)22)6(13)8(7)15-16;1-11(2,3)6-16-14-9-7(12)4-5-8(13)10(9)15-16;1-11(2,3)8-14-12-9-6-4-5-7-10(9)13-14;1-2-4-6-5(3-1)7-9-8-6;1-2/h5-8H,9H2,1-4H3;4H2,1-3H3;4-5H,6H2,1-3H3;4-7H,8H2,1-3H3;1-4H,(H,7,8,9);. The van der Waals surface area contributed by atoms with Crippen LogP contribution in [-0.2, 0) is 33.9 Å². The van der Waals surface area contributed by atoms with E-state index in [1.165, 1.54) is 4.80 Å². The first-order valence-corrected chi connectivity index (χ1v) is 32.3. The second-order valence-electron chi connectivity index (χ2n) is 22.5. The van der Waals surface area contributed by atoms with Gasteiger partial charge in [0.15, 0.2) is 0 Å². The monoisotopic (exact) mass is 1490 g/mol. The van der Waals surface area contributed by atoms with Crippen molar-refractivity contribution in [3.05, 3.63) is 129 Å². The molecular formula is C51H62Br6N14O7S. The Hall–Kier alpha value is -4.71. The van der Waals surface area contributed by atoms with Gasteiger partial charge in [0.1, 0.15) is 53.1 Å². The van der Waals surface area contributed by atoms with Crippen molar-refractivity contribution >= 4 is 158 Å². The van der Waals surface area contributed by atoms with E-state index in [2.05, 4.69) is 180 Å². The van der Waals surface area contributed by atoms with Crippen LogP contribution in [-0.4, -0.2) is 85.3 Å². The number of halogens is 6. The number of nitro groups is 2. The van der Waals surface area contributed by atoms with Crippen LogP contribution in [0.5, 0.6) is 0 Å². The van der Waals surface area contributed by atoms with Crippen molar-refractivity contribution in [2.75, 3.05) is 6.61 Å². The minimum atomic E-state index is -3.61. The van der Waals surface area contributed by atoms with Crippen molar-refractivity contribution in [2.45, 2.75) is 115 Å². The first kappa shape index (κ1) is 66.8. The van der Waals surface area contributed by atoms with Crippen LogP contribution in [0.3, 0.4) is 0 Å². The van der Waals surface area contributed by atoms with Gasteiger partial charge >= 0.3 is 11.4 Å². The van der Waals surface area contributed by atoms with Crippen LogP contribution in [0.25, 0.3) is 44.1 Å². The van der Waals surface area contributed by atoms with E-state index in [1.54, 1.807) is 33.9 Å². The van der Waals surface area contributed by atoms with Crippen molar-refractivity contribution in [2.24, 2.45) is 21.7 Å². The second kappa shape index (κ2) is 28.3. The van der Waals surface area contributed by atoms with Crippen molar-refractivity contribution in [3.63, 3.8) is 0 Å². The number of rotatable bonds is 8. The van der Waals surface area contributed by atoms with Crippen LogP contribution in [0.2, 0.25) is 0 Å². The third-order valence-corrected chi connectivity index (χ3v) is 14.0. The van der Waals surface area contributed by atoms with Crippen LogP contribution < -0.4 is 0 Å². The number of aryl methyl sites for hydroxylation is 1. The summed E-state index contributed by atoms with van der Waals surface area (Å²) >= 11 is 18.6. The van der Waals surface area contributed by atoms with Crippen molar-refractivity contribution in [1.82, 2.24) is 60.4 Å². The number of para-hydroxylation sites is 2. The van der Waals surface area contributed by atoms with Gasteiger partial charge < -0.3 is 0 Å². The molecular weight excluding hydrogens is 1430 g/mol. The summed E-state index contributed by atoms with van der Waals surface area (Å²) in [6.07, 6.45) is 0. The van der Waals surface area contributed by atoms with E-state index in [-0.39, 0.29) is 53.1 Å². The Morgan fingerprint density at radius 3 is 1.16 bits per heavy atom. The Labute approximate surface area is 507 Å². The predicted octanol–water partition coefficient (Wildman–Crippen LogP) is 15.7. The van der Waals surface area contributed by atoms with E-state index in [0.29, 0.717) is 6.54 Å². The minimum absolute atomic E-state index is 0.0532. The van der Waals surface area contributed by atoms with Gasteiger partial charge in [-0.3, -0.25) is 24.4 Å². The fraction of sp³-hybridized carbons (Fsp3) is 0.412. The van der Waals surface area contributed by atoms with Gasteiger partial charge in [0.2, 0.25) is 0 Å². The van der Waals surface area contributed by atoms with Gasteiger partial charge in [0, 0.05) is 37.2 Å². The number of aromatic nitrogens is 12. The molecule has 0 saturated carbocycles. The fourth-order valence-electron chi connectivity index (χ4n) is 6.59. The van der Waals surface area contributed by atoms with Crippen LogP contribution in [0.1, 0.15) is 88.6 Å². The van der Waals surface area contributed by atoms with Crippen LogP contribution in [0, 0.1) is 48.8 Å². The molecule has 0 aliphatic heterocycles. The molecule has 0 aliphatic rings. The molecule has 0 fully saturated rings. The lowest BCUT2D eigenvalue weighted by molar-refractivity contribution is -0.423. The topological polar surface area (TPSA) is 263 Å². The quantitative estimate of drug-likeness (QED) is 0.0842. The molecule has 5 aromatic carbocycles. The molecule has 0 radical (unpaired) electrons. The Morgan fingerprint density at radius 2 is 0.835 bits per heavy atom. The van der Waals surface area contributed by atoms with E-state index in [4.69, 9.17) is 4.18 Å². The molecule has 21 nitrogen and oxygen atoms in total.